The summed E-state index contributed by atoms with van der Waals surface area (Å²) in [6.45, 7) is 2.97. The van der Waals surface area contributed by atoms with Crippen LogP contribution in [0.15, 0.2) is 53.4 Å². The lowest BCUT2D eigenvalue weighted by atomic mass is 10.1. The third kappa shape index (κ3) is 6.21. The molecule has 2 aromatic carbocycles. The second-order valence-corrected chi connectivity index (χ2v) is 11.2. The second kappa shape index (κ2) is 9.88. The summed E-state index contributed by atoms with van der Waals surface area (Å²) >= 11 is 0. The van der Waals surface area contributed by atoms with Gasteiger partial charge in [-0.2, -0.15) is 0 Å². The van der Waals surface area contributed by atoms with Crippen LogP contribution in [0.3, 0.4) is 0 Å². The number of anilines is 1. The van der Waals surface area contributed by atoms with Gasteiger partial charge >= 0.3 is 0 Å². The molecule has 0 spiro atoms. The van der Waals surface area contributed by atoms with Crippen LogP contribution in [-0.2, 0) is 20.0 Å². The first-order valence-electron chi connectivity index (χ1n) is 10.2. The standard InChI is InChI=1S/C21H27N3O6S2/c1-3-30-19-9-11-20(12-10-19)32(28,29)23-17-7-4-6-16(14-17)21(25)22-18-8-5-13-24(15-18)31(2,26)27/h4,6-7,9-12,14,18,23H,3,5,8,13,15H2,1-2H3,(H,22,25). The number of nitrogens with zero attached hydrogens (tertiary/aromatic N) is 1. The van der Waals surface area contributed by atoms with E-state index in [1.807, 2.05) is 6.92 Å². The fourth-order valence-corrected chi connectivity index (χ4v) is 5.41. The third-order valence-corrected chi connectivity index (χ3v) is 7.68. The van der Waals surface area contributed by atoms with Crippen LogP contribution in [0.1, 0.15) is 30.1 Å². The van der Waals surface area contributed by atoms with Gasteiger partial charge in [0, 0.05) is 30.4 Å². The summed E-state index contributed by atoms with van der Waals surface area (Å²) in [5, 5.41) is 2.84. The molecule has 0 aromatic heterocycles. The highest BCUT2D eigenvalue weighted by Gasteiger charge is 2.27. The number of carbonyl (C=O) groups is 1. The lowest BCUT2D eigenvalue weighted by Crippen LogP contribution is -2.49. The summed E-state index contributed by atoms with van der Waals surface area (Å²) in [6, 6.07) is 11.9. The lowest BCUT2D eigenvalue weighted by Gasteiger charge is -2.31. The third-order valence-electron chi connectivity index (χ3n) is 5.01. The number of piperidine rings is 1. The van der Waals surface area contributed by atoms with Crippen LogP contribution in [-0.4, -0.2) is 59.0 Å². The first-order valence-corrected chi connectivity index (χ1v) is 13.5. The molecule has 0 aliphatic carbocycles. The predicted molar refractivity (Wildman–Crippen MR) is 122 cm³/mol. The Morgan fingerprint density at radius 1 is 1.12 bits per heavy atom. The molecule has 0 bridgehead atoms. The first kappa shape index (κ1) is 24.0. The van der Waals surface area contributed by atoms with Crippen LogP contribution in [0.2, 0.25) is 0 Å². The van der Waals surface area contributed by atoms with Gasteiger partial charge in [-0.15, -0.1) is 0 Å². The van der Waals surface area contributed by atoms with E-state index in [-0.39, 0.29) is 28.7 Å². The van der Waals surface area contributed by atoms with Crippen molar-refractivity contribution < 1.29 is 26.4 Å². The molecule has 11 heteroatoms. The summed E-state index contributed by atoms with van der Waals surface area (Å²) in [5.74, 6) is 0.176. The minimum Gasteiger partial charge on any atom is -0.494 e. The maximum absolute atomic E-state index is 12.7. The average Bonchev–Trinajstić information content (AvgIpc) is 2.74. The van der Waals surface area contributed by atoms with Gasteiger partial charge in [-0.1, -0.05) is 6.07 Å². The molecule has 2 N–H and O–H groups in total. The predicted octanol–water partition coefficient (Wildman–Crippen LogP) is 2.04. The number of amides is 1. The maximum Gasteiger partial charge on any atom is 0.261 e. The minimum atomic E-state index is -3.85. The van der Waals surface area contributed by atoms with Gasteiger partial charge in [0.05, 0.1) is 17.8 Å². The molecule has 1 heterocycles. The van der Waals surface area contributed by atoms with Crippen molar-refractivity contribution in [2.24, 2.45) is 0 Å². The lowest BCUT2D eigenvalue weighted by molar-refractivity contribution is 0.0921. The maximum atomic E-state index is 12.7. The van der Waals surface area contributed by atoms with E-state index in [9.17, 15) is 21.6 Å². The highest BCUT2D eigenvalue weighted by molar-refractivity contribution is 7.92. The molecule has 9 nitrogen and oxygen atoms in total. The van der Waals surface area contributed by atoms with Gasteiger partial charge in [-0.25, -0.2) is 21.1 Å². The van der Waals surface area contributed by atoms with Gasteiger partial charge in [0.1, 0.15) is 5.75 Å². The highest BCUT2D eigenvalue weighted by atomic mass is 32.2. The molecule has 174 valence electrons. The molecule has 3 rings (SSSR count). The summed E-state index contributed by atoms with van der Waals surface area (Å²) in [4.78, 5) is 12.8. The molecular weight excluding hydrogens is 454 g/mol. The van der Waals surface area contributed by atoms with Crippen molar-refractivity contribution >= 4 is 31.6 Å². The van der Waals surface area contributed by atoms with Crippen molar-refractivity contribution in [2.75, 3.05) is 30.7 Å². The Bertz CT molecular complexity index is 1160. The Labute approximate surface area is 188 Å². The Balaban J connectivity index is 1.68. The molecule has 1 fully saturated rings. The molecule has 1 unspecified atom stereocenters. The Hall–Kier alpha value is -2.63. The Kier molecular flexibility index (Phi) is 7.42. The quantitative estimate of drug-likeness (QED) is 0.595. The molecule has 1 aliphatic rings. The van der Waals surface area contributed by atoms with E-state index < -0.39 is 26.0 Å². The van der Waals surface area contributed by atoms with Crippen molar-refractivity contribution in [3.8, 4) is 5.75 Å². The van der Waals surface area contributed by atoms with Crippen LogP contribution >= 0.6 is 0 Å². The molecule has 1 amide bonds. The van der Waals surface area contributed by atoms with Crippen LogP contribution < -0.4 is 14.8 Å². The van der Waals surface area contributed by atoms with Gasteiger partial charge in [-0.05, 0) is 62.2 Å². The van der Waals surface area contributed by atoms with E-state index in [1.165, 1.54) is 22.5 Å². The summed E-state index contributed by atoms with van der Waals surface area (Å²) < 4.78 is 58.1. The van der Waals surface area contributed by atoms with E-state index in [1.54, 1.807) is 30.3 Å². The number of sulfonamides is 2. The zero-order valence-corrected chi connectivity index (χ0v) is 19.6. The SMILES string of the molecule is CCOc1ccc(S(=O)(=O)Nc2cccc(C(=O)NC3CCCN(S(C)(=O)=O)C3)c2)cc1. The molecular formula is C21H27N3O6S2. The summed E-state index contributed by atoms with van der Waals surface area (Å²) in [5.41, 5.74) is 0.515. The van der Waals surface area contributed by atoms with Gasteiger partial charge in [0.2, 0.25) is 10.0 Å². The highest BCUT2D eigenvalue weighted by Crippen LogP contribution is 2.20. The largest absolute Gasteiger partial charge is 0.494 e. The molecule has 0 radical (unpaired) electrons. The molecule has 1 aliphatic heterocycles. The van der Waals surface area contributed by atoms with E-state index in [0.717, 1.165) is 6.26 Å². The monoisotopic (exact) mass is 481 g/mol. The van der Waals surface area contributed by atoms with E-state index in [0.29, 0.717) is 31.7 Å². The van der Waals surface area contributed by atoms with Gasteiger partial charge in [0.15, 0.2) is 0 Å². The number of nitrogens with one attached hydrogen (secondary N) is 2. The van der Waals surface area contributed by atoms with Crippen molar-refractivity contribution in [2.45, 2.75) is 30.7 Å². The van der Waals surface area contributed by atoms with Crippen molar-refractivity contribution in [3.05, 3.63) is 54.1 Å². The summed E-state index contributed by atoms with van der Waals surface area (Å²) in [6.07, 6.45) is 2.47. The van der Waals surface area contributed by atoms with Crippen LogP contribution in [0.4, 0.5) is 5.69 Å². The van der Waals surface area contributed by atoms with Gasteiger partial charge in [0.25, 0.3) is 15.9 Å². The van der Waals surface area contributed by atoms with E-state index in [2.05, 4.69) is 10.0 Å². The topological polar surface area (TPSA) is 122 Å². The van der Waals surface area contributed by atoms with Crippen molar-refractivity contribution in [1.29, 1.82) is 0 Å². The average molecular weight is 482 g/mol. The van der Waals surface area contributed by atoms with Crippen LogP contribution in [0.25, 0.3) is 0 Å². The first-order chi connectivity index (χ1) is 15.1. The molecule has 0 saturated carbocycles. The Morgan fingerprint density at radius 3 is 2.50 bits per heavy atom. The number of benzene rings is 2. The normalized spacial score (nSPS) is 17.5. The van der Waals surface area contributed by atoms with E-state index >= 15 is 0 Å². The van der Waals surface area contributed by atoms with Crippen LogP contribution in [0.5, 0.6) is 5.75 Å². The number of hydrogen-bond acceptors (Lipinski definition) is 6. The molecule has 1 atom stereocenters. The van der Waals surface area contributed by atoms with Crippen molar-refractivity contribution in [3.63, 3.8) is 0 Å². The molecule has 32 heavy (non-hydrogen) atoms. The van der Waals surface area contributed by atoms with Gasteiger partial charge < -0.3 is 10.1 Å². The fraction of sp³-hybridized carbons (Fsp3) is 0.381. The fourth-order valence-electron chi connectivity index (χ4n) is 3.45. The van der Waals surface area contributed by atoms with Crippen molar-refractivity contribution in [1.82, 2.24) is 9.62 Å². The second-order valence-electron chi connectivity index (χ2n) is 7.52. The zero-order valence-electron chi connectivity index (χ0n) is 17.9. The summed E-state index contributed by atoms with van der Waals surface area (Å²) in [7, 11) is -7.17. The number of ether oxygens (including phenoxy) is 1. The zero-order chi connectivity index (χ0) is 23.4. The molecule has 1 saturated heterocycles. The number of carbonyl (C=O) groups excluding carboxylic acids is 1. The number of rotatable bonds is 8. The smallest absolute Gasteiger partial charge is 0.261 e. The minimum absolute atomic E-state index is 0.0684. The molecule has 2 aromatic rings. The Morgan fingerprint density at radius 2 is 1.84 bits per heavy atom. The van der Waals surface area contributed by atoms with E-state index in [4.69, 9.17) is 4.74 Å². The van der Waals surface area contributed by atoms with Gasteiger partial charge in [-0.3, -0.25) is 9.52 Å². The van der Waals surface area contributed by atoms with Crippen LogP contribution in [0, 0.1) is 0 Å². The number of hydrogen-bond donors (Lipinski definition) is 2.